The first-order valence-electron chi connectivity index (χ1n) is 6.43. The van der Waals surface area contributed by atoms with Crippen molar-refractivity contribution in [2.75, 3.05) is 0 Å². The maximum Gasteiger partial charge on any atom is 0.416 e. The van der Waals surface area contributed by atoms with E-state index in [9.17, 15) is 22.7 Å². The van der Waals surface area contributed by atoms with Gasteiger partial charge in [-0.15, -0.1) is 0 Å². The minimum atomic E-state index is -4.36. The van der Waals surface area contributed by atoms with Crippen molar-refractivity contribution in [1.29, 1.82) is 0 Å². The van der Waals surface area contributed by atoms with E-state index in [2.05, 4.69) is 0 Å². The summed E-state index contributed by atoms with van der Waals surface area (Å²) >= 11 is 0. The smallest absolute Gasteiger partial charge is 0.392 e. The molecule has 21 heavy (non-hydrogen) atoms. The van der Waals surface area contributed by atoms with E-state index in [0.29, 0.717) is 12.0 Å². The zero-order chi connectivity index (χ0) is 15.5. The van der Waals surface area contributed by atoms with Crippen LogP contribution in [0.1, 0.15) is 16.7 Å². The fourth-order valence-electron chi connectivity index (χ4n) is 2.07. The van der Waals surface area contributed by atoms with Crippen LogP contribution in [0.4, 0.5) is 17.6 Å². The lowest BCUT2D eigenvalue weighted by molar-refractivity contribution is -0.137. The zero-order valence-corrected chi connectivity index (χ0v) is 11.1. The van der Waals surface area contributed by atoms with Crippen molar-refractivity contribution >= 4 is 0 Å². The molecule has 0 radical (unpaired) electrons. The van der Waals surface area contributed by atoms with Gasteiger partial charge in [0.05, 0.1) is 11.7 Å². The maximum atomic E-state index is 12.8. The molecule has 0 spiro atoms. The Morgan fingerprint density at radius 1 is 0.810 bits per heavy atom. The van der Waals surface area contributed by atoms with Gasteiger partial charge >= 0.3 is 6.18 Å². The lowest BCUT2D eigenvalue weighted by Gasteiger charge is -2.12. The third-order valence-corrected chi connectivity index (χ3v) is 3.14. The summed E-state index contributed by atoms with van der Waals surface area (Å²) in [6, 6.07) is 10.5. The van der Waals surface area contributed by atoms with Crippen molar-refractivity contribution < 1.29 is 22.7 Å². The molecule has 0 aliphatic carbocycles. The molecule has 2 aromatic carbocycles. The van der Waals surface area contributed by atoms with E-state index in [1.807, 2.05) is 0 Å². The number of alkyl halides is 3. The Bertz CT molecular complexity index is 573. The molecular weight excluding hydrogens is 284 g/mol. The molecule has 1 unspecified atom stereocenters. The highest BCUT2D eigenvalue weighted by Gasteiger charge is 2.29. The second kappa shape index (κ2) is 6.26. The third-order valence-electron chi connectivity index (χ3n) is 3.14. The Morgan fingerprint density at radius 3 is 1.67 bits per heavy atom. The first kappa shape index (κ1) is 15.5. The Balaban J connectivity index is 1.96. The molecule has 0 aliphatic rings. The van der Waals surface area contributed by atoms with Crippen molar-refractivity contribution in [3.05, 3.63) is 71.0 Å². The summed E-state index contributed by atoms with van der Waals surface area (Å²) in [7, 11) is 0. The summed E-state index contributed by atoms with van der Waals surface area (Å²) in [6.07, 6.45) is -4.52. The summed E-state index contributed by atoms with van der Waals surface area (Å²) in [6.45, 7) is 0. The van der Waals surface area contributed by atoms with E-state index in [1.165, 1.54) is 24.3 Å². The number of halogens is 4. The SMILES string of the molecule is OC(Cc1ccc(F)cc1)Cc1ccc(C(F)(F)F)cc1. The van der Waals surface area contributed by atoms with Crippen molar-refractivity contribution in [3.8, 4) is 0 Å². The molecule has 0 fully saturated rings. The van der Waals surface area contributed by atoms with Gasteiger partial charge < -0.3 is 5.11 Å². The summed E-state index contributed by atoms with van der Waals surface area (Å²) < 4.78 is 50.0. The van der Waals surface area contributed by atoms with Crippen LogP contribution >= 0.6 is 0 Å². The standard InChI is InChI=1S/C16H14F4O/c17-14-7-3-12(4-8-14)10-15(21)9-11-1-5-13(6-2-11)16(18,19)20/h1-8,15,21H,9-10H2. The molecule has 0 aromatic heterocycles. The molecule has 112 valence electrons. The molecule has 1 N–H and O–H groups in total. The van der Waals surface area contributed by atoms with E-state index in [-0.39, 0.29) is 12.2 Å². The van der Waals surface area contributed by atoms with E-state index >= 15 is 0 Å². The predicted molar refractivity (Wildman–Crippen MR) is 71.3 cm³/mol. The van der Waals surface area contributed by atoms with Gasteiger partial charge in [0.1, 0.15) is 5.82 Å². The van der Waals surface area contributed by atoms with Gasteiger partial charge in [-0.25, -0.2) is 4.39 Å². The summed E-state index contributed by atoms with van der Waals surface area (Å²) in [4.78, 5) is 0. The number of hydrogen-bond acceptors (Lipinski definition) is 1. The summed E-state index contributed by atoms with van der Waals surface area (Å²) in [5, 5.41) is 9.94. The molecule has 5 heteroatoms. The Morgan fingerprint density at radius 2 is 1.24 bits per heavy atom. The average molecular weight is 298 g/mol. The second-order valence-electron chi connectivity index (χ2n) is 4.88. The van der Waals surface area contributed by atoms with Gasteiger partial charge in [-0.2, -0.15) is 13.2 Å². The third kappa shape index (κ3) is 4.56. The van der Waals surface area contributed by atoms with Gasteiger partial charge in [0.25, 0.3) is 0 Å². The van der Waals surface area contributed by atoms with E-state index in [1.54, 1.807) is 12.1 Å². The first-order chi connectivity index (χ1) is 9.84. The molecule has 1 nitrogen and oxygen atoms in total. The molecule has 1 atom stereocenters. The molecule has 0 amide bonds. The van der Waals surface area contributed by atoms with Crippen molar-refractivity contribution in [3.63, 3.8) is 0 Å². The van der Waals surface area contributed by atoms with Crippen LogP contribution in [0, 0.1) is 5.82 Å². The second-order valence-corrected chi connectivity index (χ2v) is 4.88. The Labute approximate surface area is 119 Å². The number of hydrogen-bond donors (Lipinski definition) is 1. The number of benzene rings is 2. The van der Waals surface area contributed by atoms with E-state index in [4.69, 9.17) is 0 Å². The molecular formula is C16H14F4O. The van der Waals surface area contributed by atoms with Crippen LogP contribution in [-0.4, -0.2) is 11.2 Å². The zero-order valence-electron chi connectivity index (χ0n) is 11.1. The van der Waals surface area contributed by atoms with Gasteiger partial charge in [-0.05, 0) is 48.2 Å². The van der Waals surface area contributed by atoms with Crippen LogP contribution in [-0.2, 0) is 19.0 Å². The van der Waals surface area contributed by atoms with Gasteiger partial charge in [0.15, 0.2) is 0 Å². The topological polar surface area (TPSA) is 20.2 Å². The average Bonchev–Trinajstić information content (AvgIpc) is 2.41. The van der Waals surface area contributed by atoms with Crippen LogP contribution in [0.3, 0.4) is 0 Å². The lowest BCUT2D eigenvalue weighted by atomic mass is 10.0. The minimum Gasteiger partial charge on any atom is -0.392 e. The predicted octanol–water partition coefficient (Wildman–Crippen LogP) is 3.99. The molecule has 0 heterocycles. The highest BCUT2D eigenvalue weighted by Crippen LogP contribution is 2.29. The molecule has 0 saturated carbocycles. The van der Waals surface area contributed by atoms with Crippen LogP contribution in [0.25, 0.3) is 0 Å². The molecule has 2 aromatic rings. The maximum absolute atomic E-state index is 12.8. The quantitative estimate of drug-likeness (QED) is 0.846. The number of aliphatic hydroxyl groups is 1. The van der Waals surface area contributed by atoms with Gasteiger partial charge in [0.2, 0.25) is 0 Å². The van der Waals surface area contributed by atoms with Crippen molar-refractivity contribution in [1.82, 2.24) is 0 Å². The van der Waals surface area contributed by atoms with Crippen molar-refractivity contribution in [2.24, 2.45) is 0 Å². The fraction of sp³-hybridized carbons (Fsp3) is 0.250. The van der Waals surface area contributed by atoms with Crippen molar-refractivity contribution in [2.45, 2.75) is 25.1 Å². The highest BCUT2D eigenvalue weighted by atomic mass is 19.4. The van der Waals surface area contributed by atoms with Gasteiger partial charge in [-0.3, -0.25) is 0 Å². The summed E-state index contributed by atoms with van der Waals surface area (Å²) in [5.41, 5.74) is 0.688. The first-order valence-corrected chi connectivity index (χ1v) is 6.43. The normalized spacial score (nSPS) is 13.2. The minimum absolute atomic E-state index is 0.246. The summed E-state index contributed by atoms with van der Waals surface area (Å²) in [5.74, 6) is -0.351. The molecule has 0 bridgehead atoms. The van der Waals surface area contributed by atoms with Gasteiger partial charge in [0, 0.05) is 0 Å². The Kier molecular flexibility index (Phi) is 4.63. The number of aliphatic hydroxyl groups excluding tert-OH is 1. The van der Waals surface area contributed by atoms with Crippen LogP contribution in [0.2, 0.25) is 0 Å². The largest absolute Gasteiger partial charge is 0.416 e. The molecule has 2 rings (SSSR count). The highest BCUT2D eigenvalue weighted by molar-refractivity contribution is 5.25. The molecule has 0 aliphatic heterocycles. The van der Waals surface area contributed by atoms with E-state index < -0.39 is 17.8 Å². The fourth-order valence-corrected chi connectivity index (χ4v) is 2.07. The van der Waals surface area contributed by atoms with Crippen LogP contribution in [0.5, 0.6) is 0 Å². The Hall–Kier alpha value is -1.88. The monoisotopic (exact) mass is 298 g/mol. The lowest BCUT2D eigenvalue weighted by Crippen LogP contribution is -2.14. The van der Waals surface area contributed by atoms with Gasteiger partial charge in [-0.1, -0.05) is 24.3 Å². The van der Waals surface area contributed by atoms with E-state index in [0.717, 1.165) is 17.7 Å². The van der Waals surface area contributed by atoms with Crippen LogP contribution < -0.4 is 0 Å². The number of rotatable bonds is 4. The van der Waals surface area contributed by atoms with Crippen LogP contribution in [0.15, 0.2) is 48.5 Å². The molecule has 0 saturated heterocycles.